The summed E-state index contributed by atoms with van der Waals surface area (Å²) in [5, 5.41) is 4.55. The lowest BCUT2D eigenvalue weighted by Gasteiger charge is -2.07. The van der Waals surface area contributed by atoms with Gasteiger partial charge in [0.2, 0.25) is 10.0 Å². The summed E-state index contributed by atoms with van der Waals surface area (Å²) in [5.41, 5.74) is 0.168. The molecule has 25 heavy (non-hydrogen) atoms. The standard InChI is InChI=1S/C16H18N2O5S2/c1-2-18-25(21,22)14-7-5-12(6-8-14)16(20)23-11-15(19)17-10-13-4-3-9-24-13/h3-9,18H,2,10-11H2,1H3,(H,17,19). The molecular weight excluding hydrogens is 364 g/mol. The van der Waals surface area contributed by atoms with Crippen LogP contribution in [-0.4, -0.2) is 33.4 Å². The Kier molecular flexibility index (Phi) is 6.68. The Balaban J connectivity index is 1.85. The number of carbonyl (C=O) groups excluding carboxylic acids is 2. The summed E-state index contributed by atoms with van der Waals surface area (Å²) in [7, 11) is -3.57. The maximum Gasteiger partial charge on any atom is 0.338 e. The summed E-state index contributed by atoms with van der Waals surface area (Å²) in [6, 6.07) is 9.08. The molecule has 0 saturated heterocycles. The number of sulfonamides is 1. The Morgan fingerprint density at radius 3 is 2.48 bits per heavy atom. The van der Waals surface area contributed by atoms with Crippen molar-refractivity contribution < 1.29 is 22.7 Å². The van der Waals surface area contributed by atoms with E-state index in [4.69, 9.17) is 4.74 Å². The van der Waals surface area contributed by atoms with Crippen molar-refractivity contribution in [3.63, 3.8) is 0 Å². The van der Waals surface area contributed by atoms with E-state index >= 15 is 0 Å². The maximum absolute atomic E-state index is 11.9. The van der Waals surface area contributed by atoms with Crippen LogP contribution in [0.25, 0.3) is 0 Å². The van der Waals surface area contributed by atoms with Crippen LogP contribution in [0.5, 0.6) is 0 Å². The second-order valence-corrected chi connectivity index (χ2v) is 7.76. The Morgan fingerprint density at radius 2 is 1.88 bits per heavy atom. The highest BCUT2D eigenvalue weighted by atomic mass is 32.2. The second-order valence-electron chi connectivity index (χ2n) is 4.96. The normalized spacial score (nSPS) is 11.1. The molecule has 1 heterocycles. The fourth-order valence-electron chi connectivity index (χ4n) is 1.91. The molecule has 1 aromatic carbocycles. The van der Waals surface area contributed by atoms with Crippen molar-refractivity contribution in [1.82, 2.24) is 10.0 Å². The quantitative estimate of drug-likeness (QED) is 0.674. The minimum Gasteiger partial charge on any atom is -0.452 e. The van der Waals surface area contributed by atoms with Crippen LogP contribution >= 0.6 is 11.3 Å². The van der Waals surface area contributed by atoms with Crippen molar-refractivity contribution >= 4 is 33.2 Å². The van der Waals surface area contributed by atoms with Gasteiger partial charge < -0.3 is 10.1 Å². The Labute approximate surface area is 150 Å². The van der Waals surface area contributed by atoms with Crippen molar-refractivity contribution in [2.24, 2.45) is 0 Å². The van der Waals surface area contributed by atoms with Crippen molar-refractivity contribution in [2.75, 3.05) is 13.2 Å². The number of thiophene rings is 1. The first-order valence-electron chi connectivity index (χ1n) is 7.48. The monoisotopic (exact) mass is 382 g/mol. The molecule has 2 N–H and O–H groups in total. The number of amides is 1. The molecule has 0 spiro atoms. The lowest BCUT2D eigenvalue weighted by molar-refractivity contribution is -0.124. The lowest BCUT2D eigenvalue weighted by atomic mass is 10.2. The van der Waals surface area contributed by atoms with Crippen LogP contribution in [0.3, 0.4) is 0 Å². The molecular formula is C16H18N2O5S2. The van der Waals surface area contributed by atoms with Gasteiger partial charge in [-0.3, -0.25) is 4.79 Å². The third-order valence-electron chi connectivity index (χ3n) is 3.11. The molecule has 0 atom stereocenters. The van der Waals surface area contributed by atoms with E-state index in [1.165, 1.54) is 35.6 Å². The van der Waals surface area contributed by atoms with Crippen LogP contribution in [0.1, 0.15) is 22.2 Å². The largest absolute Gasteiger partial charge is 0.452 e. The maximum atomic E-state index is 11.9. The molecule has 0 unspecified atom stereocenters. The van der Waals surface area contributed by atoms with Crippen LogP contribution in [0, 0.1) is 0 Å². The highest BCUT2D eigenvalue weighted by Gasteiger charge is 2.15. The lowest BCUT2D eigenvalue weighted by Crippen LogP contribution is -2.28. The number of hydrogen-bond donors (Lipinski definition) is 2. The van der Waals surface area contributed by atoms with E-state index in [-0.39, 0.29) is 17.0 Å². The summed E-state index contributed by atoms with van der Waals surface area (Å²) in [5.74, 6) is -1.10. The van der Waals surface area contributed by atoms with E-state index in [0.717, 1.165) is 4.88 Å². The van der Waals surface area contributed by atoms with Gasteiger partial charge in [-0.15, -0.1) is 11.3 Å². The number of benzene rings is 1. The first-order valence-corrected chi connectivity index (χ1v) is 9.84. The molecule has 0 bridgehead atoms. The predicted molar refractivity (Wildman–Crippen MR) is 93.8 cm³/mol. The van der Waals surface area contributed by atoms with Crippen LogP contribution in [-0.2, 0) is 26.1 Å². The predicted octanol–water partition coefficient (Wildman–Crippen LogP) is 1.52. The van der Waals surface area contributed by atoms with Gasteiger partial charge in [0.05, 0.1) is 17.0 Å². The number of carbonyl (C=O) groups is 2. The van der Waals surface area contributed by atoms with Crippen LogP contribution in [0.2, 0.25) is 0 Å². The number of nitrogens with one attached hydrogen (secondary N) is 2. The van der Waals surface area contributed by atoms with E-state index in [1.807, 2.05) is 17.5 Å². The van der Waals surface area contributed by atoms with E-state index in [0.29, 0.717) is 6.54 Å². The molecule has 0 fully saturated rings. The van der Waals surface area contributed by atoms with E-state index in [1.54, 1.807) is 6.92 Å². The Hall–Kier alpha value is -2.23. The van der Waals surface area contributed by atoms with Gasteiger partial charge in [0.25, 0.3) is 5.91 Å². The first kappa shape index (κ1) is 19.1. The minimum absolute atomic E-state index is 0.0552. The molecule has 0 saturated carbocycles. The topological polar surface area (TPSA) is 102 Å². The van der Waals surface area contributed by atoms with E-state index in [2.05, 4.69) is 10.0 Å². The van der Waals surface area contributed by atoms with E-state index in [9.17, 15) is 18.0 Å². The molecule has 2 aromatic rings. The second kappa shape index (κ2) is 8.75. The fourth-order valence-corrected chi connectivity index (χ4v) is 3.59. The minimum atomic E-state index is -3.57. The number of esters is 1. The van der Waals surface area contributed by atoms with E-state index < -0.39 is 28.5 Å². The van der Waals surface area contributed by atoms with Gasteiger partial charge in [-0.05, 0) is 35.7 Å². The third kappa shape index (κ3) is 5.66. The SMILES string of the molecule is CCNS(=O)(=O)c1ccc(C(=O)OCC(=O)NCc2cccs2)cc1. The van der Waals surface area contributed by atoms with Gasteiger partial charge in [-0.25, -0.2) is 17.9 Å². The molecule has 2 rings (SSSR count). The van der Waals surface area contributed by atoms with Gasteiger partial charge in [0.15, 0.2) is 6.61 Å². The van der Waals surface area contributed by atoms with Crippen LogP contribution in [0.4, 0.5) is 0 Å². The smallest absolute Gasteiger partial charge is 0.338 e. The zero-order valence-electron chi connectivity index (χ0n) is 13.5. The molecule has 0 aliphatic heterocycles. The highest BCUT2D eigenvalue weighted by molar-refractivity contribution is 7.89. The Bertz CT molecular complexity index is 815. The Morgan fingerprint density at radius 1 is 1.16 bits per heavy atom. The van der Waals surface area contributed by atoms with Gasteiger partial charge in [0.1, 0.15) is 0 Å². The van der Waals surface area contributed by atoms with Crippen molar-refractivity contribution in [3.8, 4) is 0 Å². The number of hydrogen-bond acceptors (Lipinski definition) is 6. The summed E-state index contributed by atoms with van der Waals surface area (Å²) < 4.78 is 30.9. The summed E-state index contributed by atoms with van der Waals surface area (Å²) in [6.45, 7) is 1.92. The number of rotatable bonds is 8. The van der Waals surface area contributed by atoms with Gasteiger partial charge in [0, 0.05) is 11.4 Å². The highest BCUT2D eigenvalue weighted by Crippen LogP contribution is 2.11. The average molecular weight is 382 g/mol. The van der Waals surface area contributed by atoms with Crippen LogP contribution in [0.15, 0.2) is 46.7 Å². The molecule has 9 heteroatoms. The third-order valence-corrected chi connectivity index (χ3v) is 5.55. The zero-order chi connectivity index (χ0) is 18.3. The van der Waals surface area contributed by atoms with Gasteiger partial charge in [-0.2, -0.15) is 0 Å². The average Bonchev–Trinajstić information content (AvgIpc) is 3.11. The molecule has 1 aromatic heterocycles. The first-order chi connectivity index (χ1) is 11.9. The molecule has 0 radical (unpaired) electrons. The number of ether oxygens (including phenoxy) is 1. The van der Waals surface area contributed by atoms with Gasteiger partial charge >= 0.3 is 5.97 Å². The van der Waals surface area contributed by atoms with Crippen molar-refractivity contribution in [1.29, 1.82) is 0 Å². The molecule has 7 nitrogen and oxygen atoms in total. The van der Waals surface area contributed by atoms with Crippen LogP contribution < -0.4 is 10.0 Å². The molecule has 0 aliphatic carbocycles. The van der Waals surface area contributed by atoms with Crippen molar-refractivity contribution in [2.45, 2.75) is 18.4 Å². The molecule has 0 aliphatic rings. The summed E-state index contributed by atoms with van der Waals surface area (Å²) >= 11 is 1.52. The zero-order valence-corrected chi connectivity index (χ0v) is 15.2. The van der Waals surface area contributed by atoms with Crippen molar-refractivity contribution in [3.05, 3.63) is 52.2 Å². The fraction of sp³-hybridized carbons (Fsp3) is 0.250. The summed E-state index contributed by atoms with van der Waals surface area (Å²) in [6.07, 6.45) is 0. The summed E-state index contributed by atoms with van der Waals surface area (Å²) in [4.78, 5) is 24.6. The molecule has 1 amide bonds. The van der Waals surface area contributed by atoms with Gasteiger partial charge in [-0.1, -0.05) is 13.0 Å². The molecule has 134 valence electrons.